The summed E-state index contributed by atoms with van der Waals surface area (Å²) in [5.41, 5.74) is 5.52. The molecule has 0 radical (unpaired) electrons. The van der Waals surface area contributed by atoms with Gasteiger partial charge in [0.1, 0.15) is 0 Å². The fraction of sp³-hybridized carbons (Fsp3) is 0.909. The molecule has 0 saturated carbocycles. The molecule has 5 heteroatoms. The van der Waals surface area contributed by atoms with Crippen LogP contribution < -0.4 is 5.73 Å². The number of thiocarbonyl (C=S) groups is 1. The molecule has 0 amide bonds. The zero-order valence-corrected chi connectivity index (χ0v) is 11.1. The molecular formula is C11H23N3OS. The summed E-state index contributed by atoms with van der Waals surface area (Å²) in [5, 5.41) is 0. The summed E-state index contributed by atoms with van der Waals surface area (Å²) in [5.74, 6) is 0. The van der Waals surface area contributed by atoms with E-state index in [0.29, 0.717) is 11.1 Å². The van der Waals surface area contributed by atoms with Crippen LogP contribution in [0.4, 0.5) is 0 Å². The van der Waals surface area contributed by atoms with Crippen molar-refractivity contribution in [3.63, 3.8) is 0 Å². The molecule has 0 aliphatic carbocycles. The molecule has 1 aliphatic rings. The summed E-state index contributed by atoms with van der Waals surface area (Å²) in [7, 11) is 2.14. The van der Waals surface area contributed by atoms with Crippen molar-refractivity contribution in [1.29, 1.82) is 0 Å². The third-order valence-electron chi connectivity index (χ3n) is 2.93. The maximum atomic E-state index is 5.74. The maximum Gasteiger partial charge on any atom is 0.0829 e. The van der Waals surface area contributed by atoms with Crippen molar-refractivity contribution >= 4 is 17.2 Å². The first-order valence-corrected chi connectivity index (χ1v) is 6.33. The minimum absolute atomic E-state index is 0.324. The molecule has 1 unspecified atom stereocenters. The number of ether oxygens (including phenoxy) is 1. The summed E-state index contributed by atoms with van der Waals surface area (Å²) in [6.45, 7) is 7.99. The lowest BCUT2D eigenvalue weighted by atomic mass is 10.2. The van der Waals surface area contributed by atoms with Gasteiger partial charge in [-0.1, -0.05) is 19.1 Å². The highest BCUT2D eigenvalue weighted by molar-refractivity contribution is 7.80. The Balaban J connectivity index is 2.28. The normalized spacial score (nSPS) is 22.6. The van der Waals surface area contributed by atoms with E-state index in [1.54, 1.807) is 0 Å². The lowest BCUT2D eigenvalue weighted by Gasteiger charge is -2.33. The van der Waals surface area contributed by atoms with Crippen molar-refractivity contribution in [3.8, 4) is 0 Å². The lowest BCUT2D eigenvalue weighted by molar-refractivity contribution is -0.0346. The first kappa shape index (κ1) is 13.8. The van der Waals surface area contributed by atoms with Crippen molar-refractivity contribution < 1.29 is 4.74 Å². The van der Waals surface area contributed by atoms with E-state index in [1.807, 2.05) is 0 Å². The van der Waals surface area contributed by atoms with Gasteiger partial charge in [-0.25, -0.2) is 0 Å². The van der Waals surface area contributed by atoms with Crippen LogP contribution in [-0.2, 0) is 4.74 Å². The van der Waals surface area contributed by atoms with Crippen LogP contribution >= 0.6 is 12.2 Å². The predicted molar refractivity (Wildman–Crippen MR) is 70.8 cm³/mol. The second-order valence-electron chi connectivity index (χ2n) is 4.36. The van der Waals surface area contributed by atoms with E-state index in [2.05, 4.69) is 23.8 Å². The Morgan fingerprint density at radius 3 is 2.94 bits per heavy atom. The van der Waals surface area contributed by atoms with Crippen molar-refractivity contribution in [1.82, 2.24) is 9.80 Å². The first-order valence-electron chi connectivity index (χ1n) is 5.92. The highest BCUT2D eigenvalue weighted by Crippen LogP contribution is 2.05. The lowest BCUT2D eigenvalue weighted by Crippen LogP contribution is -2.46. The second kappa shape index (κ2) is 7.17. The zero-order valence-electron chi connectivity index (χ0n) is 10.3. The van der Waals surface area contributed by atoms with E-state index in [0.717, 1.165) is 45.8 Å². The van der Waals surface area contributed by atoms with E-state index in [9.17, 15) is 0 Å². The fourth-order valence-corrected chi connectivity index (χ4v) is 2.00. The zero-order chi connectivity index (χ0) is 12.0. The first-order chi connectivity index (χ1) is 7.61. The van der Waals surface area contributed by atoms with E-state index in [-0.39, 0.29) is 0 Å². The van der Waals surface area contributed by atoms with Gasteiger partial charge in [0, 0.05) is 32.6 Å². The molecule has 1 fully saturated rings. The Morgan fingerprint density at radius 2 is 2.38 bits per heavy atom. The van der Waals surface area contributed by atoms with Gasteiger partial charge < -0.3 is 20.3 Å². The van der Waals surface area contributed by atoms with E-state index < -0.39 is 0 Å². The summed E-state index contributed by atoms with van der Waals surface area (Å²) in [4.78, 5) is 5.26. The third-order valence-corrected chi connectivity index (χ3v) is 3.13. The van der Waals surface area contributed by atoms with Gasteiger partial charge in [-0.15, -0.1) is 0 Å². The van der Waals surface area contributed by atoms with Crippen LogP contribution in [0.2, 0.25) is 0 Å². The van der Waals surface area contributed by atoms with Crippen LogP contribution in [0.15, 0.2) is 0 Å². The van der Waals surface area contributed by atoms with Gasteiger partial charge in [0.15, 0.2) is 0 Å². The smallest absolute Gasteiger partial charge is 0.0829 e. The predicted octanol–water partition coefficient (Wildman–Crippen LogP) is 0.315. The Labute approximate surface area is 104 Å². The summed E-state index contributed by atoms with van der Waals surface area (Å²) < 4.78 is 5.74. The third kappa shape index (κ3) is 5.21. The topological polar surface area (TPSA) is 41.7 Å². The van der Waals surface area contributed by atoms with Gasteiger partial charge in [0.25, 0.3) is 0 Å². The van der Waals surface area contributed by atoms with Crippen LogP contribution in [0.3, 0.4) is 0 Å². The number of morpholine rings is 1. The molecule has 94 valence electrons. The van der Waals surface area contributed by atoms with Crippen LogP contribution in [0.25, 0.3) is 0 Å². The molecule has 1 saturated heterocycles. The monoisotopic (exact) mass is 245 g/mol. The highest BCUT2D eigenvalue weighted by atomic mass is 32.1. The van der Waals surface area contributed by atoms with E-state index >= 15 is 0 Å². The number of nitrogens with zero attached hydrogens (tertiary/aromatic N) is 2. The molecule has 4 nitrogen and oxygen atoms in total. The van der Waals surface area contributed by atoms with Crippen molar-refractivity contribution in [2.75, 3.05) is 46.4 Å². The Kier molecular flexibility index (Phi) is 6.20. The van der Waals surface area contributed by atoms with Gasteiger partial charge >= 0.3 is 0 Å². The standard InChI is InChI=1S/C11H23N3OS/c1-3-14(5-4-11(12)16)9-10-8-13(2)6-7-15-10/h10H,3-9H2,1-2H3,(H2,12,16). The largest absolute Gasteiger partial charge is 0.393 e. The number of hydrogen-bond donors (Lipinski definition) is 1. The molecule has 1 rings (SSSR count). The summed E-state index contributed by atoms with van der Waals surface area (Å²) in [6, 6.07) is 0. The van der Waals surface area contributed by atoms with Crippen molar-refractivity contribution in [3.05, 3.63) is 0 Å². The molecule has 0 aromatic heterocycles. The Bertz CT molecular complexity index is 225. The number of likely N-dealkylation sites (N-methyl/N-ethyl adjacent to an activating group) is 2. The molecule has 2 N–H and O–H groups in total. The van der Waals surface area contributed by atoms with Crippen LogP contribution in [0.1, 0.15) is 13.3 Å². The Hall–Kier alpha value is -0.230. The number of nitrogens with two attached hydrogens (primary N) is 1. The van der Waals surface area contributed by atoms with Crippen LogP contribution in [-0.4, -0.2) is 67.3 Å². The summed E-state index contributed by atoms with van der Waals surface area (Å²) in [6.07, 6.45) is 1.12. The van der Waals surface area contributed by atoms with Gasteiger partial charge in [0.2, 0.25) is 0 Å². The quantitative estimate of drug-likeness (QED) is 0.682. The number of hydrogen-bond acceptors (Lipinski definition) is 4. The van der Waals surface area contributed by atoms with Crippen LogP contribution in [0, 0.1) is 0 Å². The van der Waals surface area contributed by atoms with Gasteiger partial charge in [-0.3, -0.25) is 0 Å². The molecule has 1 heterocycles. The van der Waals surface area contributed by atoms with Crippen LogP contribution in [0.5, 0.6) is 0 Å². The second-order valence-corrected chi connectivity index (χ2v) is 4.89. The fourth-order valence-electron chi connectivity index (χ4n) is 1.91. The molecule has 1 atom stereocenters. The average molecular weight is 245 g/mol. The van der Waals surface area contributed by atoms with Gasteiger partial charge in [-0.2, -0.15) is 0 Å². The maximum absolute atomic E-state index is 5.74. The minimum atomic E-state index is 0.324. The van der Waals surface area contributed by atoms with Gasteiger partial charge in [0.05, 0.1) is 17.7 Å². The molecule has 16 heavy (non-hydrogen) atoms. The van der Waals surface area contributed by atoms with E-state index in [4.69, 9.17) is 22.7 Å². The molecule has 0 spiro atoms. The van der Waals surface area contributed by atoms with Crippen molar-refractivity contribution in [2.45, 2.75) is 19.4 Å². The SMILES string of the molecule is CCN(CCC(N)=S)CC1CN(C)CCO1. The molecule has 0 aromatic carbocycles. The highest BCUT2D eigenvalue weighted by Gasteiger charge is 2.19. The van der Waals surface area contributed by atoms with E-state index in [1.165, 1.54) is 0 Å². The van der Waals surface area contributed by atoms with Gasteiger partial charge in [-0.05, 0) is 13.6 Å². The summed E-state index contributed by atoms with van der Waals surface area (Å²) >= 11 is 4.90. The molecular weight excluding hydrogens is 222 g/mol. The average Bonchev–Trinajstić information content (AvgIpc) is 2.24. The molecule has 0 bridgehead atoms. The molecule has 1 aliphatic heterocycles. The Morgan fingerprint density at radius 1 is 1.62 bits per heavy atom. The minimum Gasteiger partial charge on any atom is -0.393 e. The van der Waals surface area contributed by atoms with Crippen molar-refractivity contribution in [2.24, 2.45) is 5.73 Å². The molecule has 0 aromatic rings. The number of rotatable bonds is 6.